The standard InChI is InChI=1S/C15H21O/c1-12-6-3-4-8-14(12)10-13-7-5-9-15(11-13)16-2/h5,7,9,11-12,14H,1,3-4,6,8,10H2,2H3. The first-order valence-corrected chi connectivity index (χ1v) is 6.25. The Hall–Kier alpha value is -0.980. The smallest absolute Gasteiger partial charge is 0.119 e. The molecule has 16 heavy (non-hydrogen) atoms. The molecule has 0 saturated heterocycles. The van der Waals surface area contributed by atoms with Crippen molar-refractivity contribution in [1.82, 2.24) is 0 Å². The van der Waals surface area contributed by atoms with Crippen LogP contribution in [0.3, 0.4) is 0 Å². The van der Waals surface area contributed by atoms with Gasteiger partial charge >= 0.3 is 0 Å². The maximum atomic E-state index is 5.26. The maximum Gasteiger partial charge on any atom is 0.119 e. The number of rotatable bonds is 3. The van der Waals surface area contributed by atoms with Crippen molar-refractivity contribution in [3.63, 3.8) is 0 Å². The minimum atomic E-state index is 0.639. The quantitative estimate of drug-likeness (QED) is 0.746. The van der Waals surface area contributed by atoms with Crippen LogP contribution < -0.4 is 4.74 Å². The normalized spacial score (nSPS) is 25.4. The zero-order valence-electron chi connectivity index (χ0n) is 10.1. The summed E-state index contributed by atoms with van der Waals surface area (Å²) in [5.74, 6) is 2.37. The van der Waals surface area contributed by atoms with Gasteiger partial charge in [0.2, 0.25) is 0 Å². The van der Waals surface area contributed by atoms with E-state index < -0.39 is 0 Å². The second kappa shape index (κ2) is 5.38. The first kappa shape index (κ1) is 11.5. The summed E-state index contributed by atoms with van der Waals surface area (Å²) in [5, 5.41) is 0. The van der Waals surface area contributed by atoms with Crippen LogP contribution in [0.5, 0.6) is 5.75 Å². The fourth-order valence-corrected chi connectivity index (χ4v) is 2.66. The average Bonchev–Trinajstić information content (AvgIpc) is 2.32. The van der Waals surface area contributed by atoms with Gasteiger partial charge in [-0.1, -0.05) is 31.4 Å². The molecule has 0 amide bonds. The highest BCUT2D eigenvalue weighted by atomic mass is 16.5. The molecular weight excluding hydrogens is 196 g/mol. The molecule has 0 N–H and O–H groups in total. The highest BCUT2D eigenvalue weighted by molar-refractivity contribution is 5.28. The van der Waals surface area contributed by atoms with Crippen LogP contribution in [0, 0.1) is 18.8 Å². The van der Waals surface area contributed by atoms with Gasteiger partial charge in [0.25, 0.3) is 0 Å². The molecule has 1 radical (unpaired) electrons. The Balaban J connectivity index is 2.01. The van der Waals surface area contributed by atoms with E-state index in [1.165, 1.54) is 31.2 Å². The zero-order chi connectivity index (χ0) is 11.4. The van der Waals surface area contributed by atoms with Gasteiger partial charge in [-0.2, -0.15) is 0 Å². The Morgan fingerprint density at radius 1 is 1.31 bits per heavy atom. The summed E-state index contributed by atoms with van der Waals surface area (Å²) in [7, 11) is 1.73. The average molecular weight is 217 g/mol. The molecule has 0 spiro atoms. The summed E-state index contributed by atoms with van der Waals surface area (Å²) in [4.78, 5) is 0. The van der Waals surface area contributed by atoms with Crippen molar-refractivity contribution in [1.29, 1.82) is 0 Å². The van der Waals surface area contributed by atoms with E-state index in [2.05, 4.69) is 25.1 Å². The van der Waals surface area contributed by atoms with Gasteiger partial charge < -0.3 is 4.74 Å². The highest BCUT2D eigenvalue weighted by Gasteiger charge is 2.21. The Bertz CT molecular complexity index is 332. The van der Waals surface area contributed by atoms with Gasteiger partial charge in [-0.25, -0.2) is 0 Å². The van der Waals surface area contributed by atoms with Crippen molar-refractivity contribution < 1.29 is 4.74 Å². The van der Waals surface area contributed by atoms with Crippen molar-refractivity contribution in [2.24, 2.45) is 11.8 Å². The van der Waals surface area contributed by atoms with Gasteiger partial charge in [-0.15, -0.1) is 0 Å². The fraction of sp³-hybridized carbons (Fsp3) is 0.533. The van der Waals surface area contributed by atoms with Crippen LogP contribution in [0.4, 0.5) is 0 Å². The minimum Gasteiger partial charge on any atom is -0.497 e. The number of hydrogen-bond acceptors (Lipinski definition) is 1. The third kappa shape index (κ3) is 2.78. The van der Waals surface area contributed by atoms with E-state index >= 15 is 0 Å². The third-order valence-corrected chi connectivity index (χ3v) is 3.70. The van der Waals surface area contributed by atoms with Gasteiger partial charge in [0.05, 0.1) is 7.11 Å². The Morgan fingerprint density at radius 3 is 2.88 bits per heavy atom. The topological polar surface area (TPSA) is 9.23 Å². The predicted octanol–water partition coefficient (Wildman–Crippen LogP) is 3.88. The lowest BCUT2D eigenvalue weighted by Gasteiger charge is -2.28. The lowest BCUT2D eigenvalue weighted by molar-refractivity contribution is 0.279. The van der Waals surface area contributed by atoms with E-state index in [4.69, 9.17) is 4.74 Å². The van der Waals surface area contributed by atoms with E-state index in [9.17, 15) is 0 Å². The lowest BCUT2D eigenvalue weighted by Crippen LogP contribution is -2.19. The van der Waals surface area contributed by atoms with Crippen molar-refractivity contribution >= 4 is 0 Å². The molecule has 1 fully saturated rings. The lowest BCUT2D eigenvalue weighted by atomic mass is 9.77. The van der Waals surface area contributed by atoms with Crippen LogP contribution in [0.1, 0.15) is 31.2 Å². The summed E-state index contributed by atoms with van der Waals surface area (Å²) in [6, 6.07) is 8.44. The molecule has 1 aromatic rings. The number of hydrogen-bond donors (Lipinski definition) is 0. The van der Waals surface area contributed by atoms with Crippen LogP contribution in [0.2, 0.25) is 0 Å². The summed E-state index contributed by atoms with van der Waals surface area (Å²) in [5.41, 5.74) is 1.39. The molecule has 0 heterocycles. The molecule has 1 nitrogen and oxygen atoms in total. The second-order valence-electron chi connectivity index (χ2n) is 4.86. The van der Waals surface area contributed by atoms with Gasteiger partial charge in [-0.3, -0.25) is 0 Å². The zero-order valence-corrected chi connectivity index (χ0v) is 10.1. The van der Waals surface area contributed by atoms with E-state index in [1.807, 2.05) is 6.07 Å². The van der Waals surface area contributed by atoms with Crippen LogP contribution >= 0.6 is 0 Å². The summed E-state index contributed by atoms with van der Waals surface area (Å²) in [6.07, 6.45) is 6.54. The minimum absolute atomic E-state index is 0.639. The fourth-order valence-electron chi connectivity index (χ4n) is 2.66. The molecular formula is C15H21O. The molecule has 87 valence electrons. The molecule has 0 aliphatic heterocycles. The first-order chi connectivity index (χ1) is 7.79. The van der Waals surface area contributed by atoms with E-state index in [0.29, 0.717) is 5.92 Å². The van der Waals surface area contributed by atoms with Crippen molar-refractivity contribution in [2.45, 2.75) is 32.1 Å². The van der Waals surface area contributed by atoms with Crippen LogP contribution in [0.25, 0.3) is 0 Å². The Labute approximate surface area is 98.8 Å². The molecule has 1 aromatic carbocycles. The third-order valence-electron chi connectivity index (χ3n) is 3.70. The molecule has 1 aliphatic carbocycles. The van der Waals surface area contributed by atoms with Gasteiger partial charge in [0.15, 0.2) is 0 Å². The number of ether oxygens (including phenoxy) is 1. The molecule has 0 aromatic heterocycles. The maximum absolute atomic E-state index is 5.26. The molecule has 1 aliphatic rings. The molecule has 2 atom stereocenters. The second-order valence-corrected chi connectivity index (χ2v) is 4.86. The monoisotopic (exact) mass is 217 g/mol. The van der Waals surface area contributed by atoms with Crippen molar-refractivity contribution in [2.75, 3.05) is 7.11 Å². The van der Waals surface area contributed by atoms with Gasteiger partial charge in [-0.05, 0) is 49.3 Å². The SMILES string of the molecule is [CH2]C1CCCCC1Cc1cccc(OC)c1. The molecule has 1 saturated carbocycles. The molecule has 2 unspecified atom stereocenters. The summed E-state index contributed by atoms with van der Waals surface area (Å²) < 4.78 is 5.26. The predicted molar refractivity (Wildman–Crippen MR) is 67.5 cm³/mol. The molecule has 0 bridgehead atoms. The van der Waals surface area contributed by atoms with Crippen molar-refractivity contribution in [3.8, 4) is 5.75 Å². The van der Waals surface area contributed by atoms with Crippen molar-refractivity contribution in [3.05, 3.63) is 36.8 Å². The van der Waals surface area contributed by atoms with Crippen LogP contribution in [0.15, 0.2) is 24.3 Å². The Morgan fingerprint density at radius 2 is 2.12 bits per heavy atom. The summed E-state index contributed by atoms with van der Waals surface area (Å²) in [6.45, 7) is 4.29. The first-order valence-electron chi connectivity index (χ1n) is 6.25. The van der Waals surface area contributed by atoms with Gasteiger partial charge in [0, 0.05) is 0 Å². The van der Waals surface area contributed by atoms with E-state index in [-0.39, 0.29) is 0 Å². The Kier molecular flexibility index (Phi) is 3.87. The van der Waals surface area contributed by atoms with Crippen LogP contribution in [-0.4, -0.2) is 7.11 Å². The van der Waals surface area contributed by atoms with Gasteiger partial charge in [0.1, 0.15) is 5.75 Å². The largest absolute Gasteiger partial charge is 0.497 e. The van der Waals surface area contributed by atoms with Crippen LogP contribution in [-0.2, 0) is 6.42 Å². The number of methoxy groups -OCH3 is 1. The van der Waals surface area contributed by atoms with E-state index in [1.54, 1.807) is 7.11 Å². The highest BCUT2D eigenvalue weighted by Crippen LogP contribution is 2.32. The summed E-state index contributed by atoms with van der Waals surface area (Å²) >= 11 is 0. The molecule has 1 heteroatoms. The van der Waals surface area contributed by atoms with E-state index in [0.717, 1.165) is 18.1 Å². The number of benzene rings is 1. The molecule has 2 rings (SSSR count).